The van der Waals surface area contributed by atoms with Crippen LogP contribution in [0.15, 0.2) is 36.5 Å². The quantitative estimate of drug-likeness (QED) is 0.849. The van der Waals surface area contributed by atoms with E-state index >= 15 is 0 Å². The molecule has 18 heavy (non-hydrogen) atoms. The minimum absolute atomic E-state index is 0.168. The number of benzene rings is 1. The first kappa shape index (κ1) is 12.1. The molecule has 0 bridgehead atoms. The molecule has 92 valence electrons. The molecular weight excluding hydrogens is 226 g/mol. The van der Waals surface area contributed by atoms with Gasteiger partial charge in [-0.1, -0.05) is 17.7 Å². The zero-order valence-corrected chi connectivity index (χ0v) is 10.4. The summed E-state index contributed by atoms with van der Waals surface area (Å²) in [7, 11) is 0. The van der Waals surface area contributed by atoms with Gasteiger partial charge < -0.3 is 11.1 Å². The number of nitrogens with one attached hydrogen (secondary N) is 1. The minimum atomic E-state index is -0.168. The van der Waals surface area contributed by atoms with Crippen molar-refractivity contribution in [3.8, 4) is 0 Å². The van der Waals surface area contributed by atoms with E-state index in [9.17, 15) is 4.79 Å². The molecule has 0 atom stereocenters. The summed E-state index contributed by atoms with van der Waals surface area (Å²) < 4.78 is 0. The highest BCUT2D eigenvalue weighted by Crippen LogP contribution is 2.15. The summed E-state index contributed by atoms with van der Waals surface area (Å²) in [6.07, 6.45) is 1.53. The highest BCUT2D eigenvalue weighted by Gasteiger charge is 2.08. The van der Waals surface area contributed by atoms with E-state index in [4.69, 9.17) is 5.73 Å². The second-order valence-electron chi connectivity index (χ2n) is 4.26. The van der Waals surface area contributed by atoms with Gasteiger partial charge in [0.1, 0.15) is 5.82 Å². The SMILES string of the molecule is Cc1cccc(C(=O)Nc2ncc(N)cc2C)c1. The highest BCUT2D eigenvalue weighted by molar-refractivity contribution is 6.04. The van der Waals surface area contributed by atoms with E-state index in [1.165, 1.54) is 6.20 Å². The molecule has 0 aliphatic carbocycles. The first-order valence-electron chi connectivity index (χ1n) is 5.66. The molecule has 0 saturated heterocycles. The van der Waals surface area contributed by atoms with Crippen molar-refractivity contribution < 1.29 is 4.79 Å². The number of nitrogens with zero attached hydrogens (tertiary/aromatic N) is 1. The van der Waals surface area contributed by atoms with E-state index < -0.39 is 0 Å². The van der Waals surface area contributed by atoms with Crippen LogP contribution in [0.2, 0.25) is 0 Å². The van der Waals surface area contributed by atoms with Crippen LogP contribution in [0, 0.1) is 13.8 Å². The van der Waals surface area contributed by atoms with Gasteiger partial charge in [-0.2, -0.15) is 0 Å². The average molecular weight is 241 g/mol. The summed E-state index contributed by atoms with van der Waals surface area (Å²) in [5.41, 5.74) is 8.71. The number of pyridine rings is 1. The zero-order valence-electron chi connectivity index (χ0n) is 10.4. The van der Waals surface area contributed by atoms with E-state index in [1.54, 1.807) is 12.1 Å². The van der Waals surface area contributed by atoms with Crippen LogP contribution in [-0.4, -0.2) is 10.9 Å². The number of nitrogens with two attached hydrogens (primary N) is 1. The van der Waals surface area contributed by atoms with Crippen LogP contribution in [0.3, 0.4) is 0 Å². The fourth-order valence-corrected chi connectivity index (χ4v) is 1.69. The average Bonchev–Trinajstić information content (AvgIpc) is 2.32. The number of amides is 1. The highest BCUT2D eigenvalue weighted by atomic mass is 16.1. The van der Waals surface area contributed by atoms with E-state index in [0.29, 0.717) is 17.1 Å². The maximum atomic E-state index is 12.0. The number of hydrogen-bond acceptors (Lipinski definition) is 3. The van der Waals surface area contributed by atoms with Crippen molar-refractivity contribution in [2.45, 2.75) is 13.8 Å². The van der Waals surface area contributed by atoms with Gasteiger partial charge >= 0.3 is 0 Å². The first-order valence-corrected chi connectivity index (χ1v) is 5.66. The Morgan fingerprint density at radius 1 is 1.28 bits per heavy atom. The molecule has 4 heteroatoms. The van der Waals surface area contributed by atoms with Crippen LogP contribution >= 0.6 is 0 Å². The lowest BCUT2D eigenvalue weighted by molar-refractivity contribution is 0.102. The number of nitrogen functional groups attached to an aromatic ring is 1. The fourth-order valence-electron chi connectivity index (χ4n) is 1.69. The summed E-state index contributed by atoms with van der Waals surface area (Å²) in [4.78, 5) is 16.1. The Morgan fingerprint density at radius 2 is 2.06 bits per heavy atom. The molecule has 0 saturated carbocycles. The second kappa shape index (κ2) is 4.87. The third kappa shape index (κ3) is 2.66. The minimum Gasteiger partial charge on any atom is -0.397 e. The van der Waals surface area contributed by atoms with Crippen molar-refractivity contribution in [1.29, 1.82) is 0 Å². The van der Waals surface area contributed by atoms with Crippen LogP contribution in [0.4, 0.5) is 11.5 Å². The Balaban J connectivity index is 2.21. The molecule has 1 aromatic carbocycles. The summed E-state index contributed by atoms with van der Waals surface area (Å²) in [6.45, 7) is 3.80. The van der Waals surface area contributed by atoms with Gasteiger partial charge in [0.25, 0.3) is 5.91 Å². The number of anilines is 2. The van der Waals surface area contributed by atoms with Crippen LogP contribution in [-0.2, 0) is 0 Å². The summed E-state index contributed by atoms with van der Waals surface area (Å²) in [5.74, 6) is 0.370. The summed E-state index contributed by atoms with van der Waals surface area (Å²) in [5, 5.41) is 2.78. The topological polar surface area (TPSA) is 68.0 Å². The van der Waals surface area contributed by atoms with Crippen LogP contribution in [0.25, 0.3) is 0 Å². The zero-order chi connectivity index (χ0) is 13.1. The van der Waals surface area contributed by atoms with Gasteiger partial charge in [-0.3, -0.25) is 4.79 Å². The lowest BCUT2D eigenvalue weighted by Gasteiger charge is -2.08. The van der Waals surface area contributed by atoms with Gasteiger partial charge in [-0.15, -0.1) is 0 Å². The first-order chi connectivity index (χ1) is 8.56. The Bertz CT molecular complexity index is 593. The molecule has 3 N–H and O–H groups in total. The van der Waals surface area contributed by atoms with Gasteiger partial charge in [0, 0.05) is 5.56 Å². The maximum absolute atomic E-state index is 12.0. The third-order valence-corrected chi connectivity index (χ3v) is 2.61. The molecular formula is C14H15N3O. The lowest BCUT2D eigenvalue weighted by Crippen LogP contribution is -2.14. The number of aromatic nitrogens is 1. The predicted molar refractivity (Wildman–Crippen MR) is 72.5 cm³/mol. The monoisotopic (exact) mass is 241 g/mol. The van der Waals surface area contributed by atoms with E-state index in [0.717, 1.165) is 11.1 Å². The van der Waals surface area contributed by atoms with Crippen molar-refractivity contribution in [2.75, 3.05) is 11.1 Å². The lowest BCUT2D eigenvalue weighted by atomic mass is 10.1. The van der Waals surface area contributed by atoms with Crippen molar-refractivity contribution in [2.24, 2.45) is 0 Å². The Kier molecular flexibility index (Phi) is 3.28. The molecule has 4 nitrogen and oxygen atoms in total. The van der Waals surface area contributed by atoms with Crippen LogP contribution in [0.5, 0.6) is 0 Å². The fraction of sp³-hybridized carbons (Fsp3) is 0.143. The van der Waals surface area contributed by atoms with E-state index in [2.05, 4.69) is 10.3 Å². The van der Waals surface area contributed by atoms with E-state index in [1.807, 2.05) is 32.0 Å². The Morgan fingerprint density at radius 3 is 2.72 bits per heavy atom. The number of aryl methyl sites for hydroxylation is 2. The number of carbonyl (C=O) groups excluding carboxylic acids is 1. The normalized spacial score (nSPS) is 10.1. The number of hydrogen-bond donors (Lipinski definition) is 2. The van der Waals surface area contributed by atoms with Gasteiger partial charge in [-0.25, -0.2) is 4.98 Å². The molecule has 1 aromatic heterocycles. The van der Waals surface area contributed by atoms with Gasteiger partial charge in [0.2, 0.25) is 0 Å². The Labute approximate surface area is 106 Å². The maximum Gasteiger partial charge on any atom is 0.256 e. The smallest absolute Gasteiger partial charge is 0.256 e. The molecule has 2 aromatic rings. The molecule has 0 aliphatic rings. The van der Waals surface area contributed by atoms with Crippen LogP contribution < -0.4 is 11.1 Å². The number of rotatable bonds is 2. The largest absolute Gasteiger partial charge is 0.397 e. The summed E-state index contributed by atoms with van der Waals surface area (Å²) >= 11 is 0. The van der Waals surface area contributed by atoms with Crippen molar-refractivity contribution in [1.82, 2.24) is 4.98 Å². The molecule has 1 amide bonds. The van der Waals surface area contributed by atoms with Crippen molar-refractivity contribution in [3.05, 3.63) is 53.2 Å². The van der Waals surface area contributed by atoms with Crippen molar-refractivity contribution in [3.63, 3.8) is 0 Å². The van der Waals surface area contributed by atoms with Gasteiger partial charge in [0.05, 0.1) is 11.9 Å². The molecule has 0 spiro atoms. The second-order valence-corrected chi connectivity index (χ2v) is 4.26. The molecule has 0 unspecified atom stereocenters. The van der Waals surface area contributed by atoms with E-state index in [-0.39, 0.29) is 5.91 Å². The standard InChI is InChI=1S/C14H15N3O/c1-9-4-3-5-11(6-9)14(18)17-13-10(2)7-12(15)8-16-13/h3-8H,15H2,1-2H3,(H,16,17,18). The Hall–Kier alpha value is -2.36. The molecule has 2 rings (SSSR count). The molecule has 0 aliphatic heterocycles. The summed E-state index contributed by atoms with van der Waals surface area (Å²) in [6, 6.07) is 9.19. The van der Waals surface area contributed by atoms with Crippen molar-refractivity contribution >= 4 is 17.4 Å². The molecule has 0 fully saturated rings. The van der Waals surface area contributed by atoms with Crippen LogP contribution in [0.1, 0.15) is 21.5 Å². The van der Waals surface area contributed by atoms with Gasteiger partial charge in [0.15, 0.2) is 0 Å². The van der Waals surface area contributed by atoms with Gasteiger partial charge in [-0.05, 0) is 37.6 Å². The molecule has 0 radical (unpaired) electrons. The number of carbonyl (C=O) groups is 1. The third-order valence-electron chi connectivity index (χ3n) is 2.61. The predicted octanol–water partition coefficient (Wildman–Crippen LogP) is 2.53. The molecule has 1 heterocycles.